The first kappa shape index (κ1) is 22.2. The van der Waals surface area contributed by atoms with Gasteiger partial charge in [0.05, 0.1) is 16.2 Å². The number of carbonyl (C=O) groups is 3. The molecule has 2 amide bonds. The van der Waals surface area contributed by atoms with E-state index in [1.54, 1.807) is 30.3 Å². The number of hydrogen-bond acceptors (Lipinski definition) is 6. The van der Waals surface area contributed by atoms with Crippen molar-refractivity contribution in [2.45, 2.75) is 6.61 Å². The highest BCUT2D eigenvalue weighted by Gasteiger charge is 2.35. The summed E-state index contributed by atoms with van der Waals surface area (Å²) in [6, 6.07) is 18.5. The van der Waals surface area contributed by atoms with Crippen molar-refractivity contribution in [3.8, 4) is 5.75 Å². The predicted octanol–water partition coefficient (Wildman–Crippen LogP) is 3.33. The maximum atomic E-state index is 12.9. The lowest BCUT2D eigenvalue weighted by molar-refractivity contribution is -0.386. The van der Waals surface area contributed by atoms with Crippen LogP contribution >= 0.6 is 0 Å². The first-order valence-electron chi connectivity index (χ1n) is 10.00. The summed E-state index contributed by atoms with van der Waals surface area (Å²) in [6.45, 7) is -0.1000. The highest BCUT2D eigenvalue weighted by Crippen LogP contribution is 2.34. The molecule has 1 saturated heterocycles. The number of amides is 2. The third-order valence-electron chi connectivity index (χ3n) is 5.01. The van der Waals surface area contributed by atoms with Crippen molar-refractivity contribution in [1.29, 1.82) is 0 Å². The summed E-state index contributed by atoms with van der Waals surface area (Å²) in [7, 11) is 0. The lowest BCUT2D eigenvalue weighted by Gasteiger charge is -2.14. The molecule has 1 fully saturated rings. The van der Waals surface area contributed by atoms with Crippen molar-refractivity contribution in [1.82, 2.24) is 5.43 Å². The summed E-state index contributed by atoms with van der Waals surface area (Å²) in [6.07, 6.45) is 1.25. The maximum Gasteiger partial charge on any atom is 0.335 e. The van der Waals surface area contributed by atoms with E-state index < -0.39 is 22.7 Å². The lowest BCUT2D eigenvalue weighted by Crippen LogP contribution is -2.35. The van der Waals surface area contributed by atoms with Crippen LogP contribution in [0.25, 0.3) is 6.08 Å². The average molecular weight is 459 g/mol. The Bertz CT molecular complexity index is 1320. The first-order chi connectivity index (χ1) is 16.3. The minimum Gasteiger partial charge on any atom is -0.482 e. The van der Waals surface area contributed by atoms with E-state index >= 15 is 0 Å². The van der Waals surface area contributed by atoms with E-state index in [0.717, 1.165) is 5.01 Å². The molecule has 3 aromatic carbocycles. The van der Waals surface area contributed by atoms with Gasteiger partial charge in [-0.25, -0.2) is 9.80 Å². The third kappa shape index (κ3) is 4.46. The van der Waals surface area contributed by atoms with Gasteiger partial charge >= 0.3 is 11.7 Å². The van der Waals surface area contributed by atoms with Crippen molar-refractivity contribution in [2.75, 3.05) is 5.01 Å². The Kier molecular flexibility index (Phi) is 6.04. The second-order valence-corrected chi connectivity index (χ2v) is 7.22. The molecule has 2 N–H and O–H groups in total. The van der Waals surface area contributed by atoms with Crippen molar-refractivity contribution >= 4 is 35.2 Å². The van der Waals surface area contributed by atoms with Crippen molar-refractivity contribution in [2.24, 2.45) is 0 Å². The summed E-state index contributed by atoms with van der Waals surface area (Å²) < 4.78 is 5.72. The van der Waals surface area contributed by atoms with E-state index in [2.05, 4.69) is 5.43 Å². The SMILES string of the molecule is O=C1NN(c2ccccc2)C(=O)C1=Cc1cccc([N+](=O)[O-])c1OCc1ccc(C(=O)O)cc1. The molecule has 0 bridgehead atoms. The van der Waals surface area contributed by atoms with Crippen LogP contribution in [0.15, 0.2) is 78.4 Å². The molecule has 1 heterocycles. The van der Waals surface area contributed by atoms with Gasteiger partial charge in [-0.2, -0.15) is 0 Å². The Labute approximate surface area is 192 Å². The molecule has 10 heteroatoms. The van der Waals surface area contributed by atoms with Crippen LogP contribution in [0.2, 0.25) is 0 Å². The number of nitro benzene ring substituents is 1. The van der Waals surface area contributed by atoms with E-state index in [1.165, 1.54) is 48.5 Å². The largest absolute Gasteiger partial charge is 0.482 e. The van der Waals surface area contributed by atoms with Crippen molar-refractivity contribution in [3.05, 3.63) is 105 Å². The van der Waals surface area contributed by atoms with Gasteiger partial charge in [-0.15, -0.1) is 0 Å². The molecule has 10 nitrogen and oxygen atoms in total. The minimum atomic E-state index is -1.08. The molecule has 0 unspecified atom stereocenters. The number of nitrogens with one attached hydrogen (secondary N) is 1. The zero-order valence-corrected chi connectivity index (χ0v) is 17.5. The van der Waals surface area contributed by atoms with Crippen LogP contribution in [0, 0.1) is 10.1 Å². The first-order valence-corrected chi connectivity index (χ1v) is 10.00. The normalized spacial score (nSPS) is 14.2. The molecular weight excluding hydrogens is 442 g/mol. The van der Waals surface area contributed by atoms with E-state index in [-0.39, 0.29) is 34.7 Å². The molecule has 4 rings (SSSR count). The van der Waals surface area contributed by atoms with E-state index in [1.807, 2.05) is 0 Å². The van der Waals surface area contributed by atoms with Crippen LogP contribution in [0.3, 0.4) is 0 Å². The highest BCUT2D eigenvalue weighted by atomic mass is 16.6. The zero-order chi connectivity index (χ0) is 24.2. The number of carboxylic acids is 1. The Balaban J connectivity index is 1.65. The van der Waals surface area contributed by atoms with E-state index in [0.29, 0.717) is 11.3 Å². The fourth-order valence-electron chi connectivity index (χ4n) is 3.33. The number of aromatic carboxylic acids is 1. The number of hydrogen-bond donors (Lipinski definition) is 2. The number of carboxylic acid groups (broad SMARTS) is 1. The van der Waals surface area contributed by atoms with Crippen LogP contribution in [0.4, 0.5) is 11.4 Å². The molecule has 3 aromatic rings. The fraction of sp³-hybridized carbons (Fsp3) is 0.0417. The number of ether oxygens (including phenoxy) is 1. The van der Waals surface area contributed by atoms with Crippen molar-refractivity contribution < 1.29 is 29.2 Å². The molecular formula is C24H17N3O7. The monoisotopic (exact) mass is 459 g/mol. The third-order valence-corrected chi connectivity index (χ3v) is 5.01. The lowest BCUT2D eigenvalue weighted by atomic mass is 10.1. The highest BCUT2D eigenvalue weighted by molar-refractivity contribution is 6.31. The standard InChI is InChI=1S/C24H17N3O7/c28-22-19(23(29)26(25-22)18-6-2-1-3-7-18)13-17-5-4-8-20(27(32)33)21(17)34-14-15-9-11-16(12-10-15)24(30)31/h1-13H,14H2,(H,25,28)(H,30,31). The molecule has 0 atom stereocenters. The summed E-state index contributed by atoms with van der Waals surface area (Å²) in [5, 5.41) is 21.7. The molecule has 1 aliphatic rings. The molecule has 0 aromatic heterocycles. The van der Waals surface area contributed by atoms with Gasteiger partial charge in [-0.3, -0.25) is 25.1 Å². The number of benzene rings is 3. The molecule has 1 aliphatic heterocycles. The zero-order valence-electron chi connectivity index (χ0n) is 17.5. The van der Waals surface area contributed by atoms with Crippen LogP contribution in [0.5, 0.6) is 5.75 Å². The Morgan fingerprint density at radius 3 is 2.38 bits per heavy atom. The molecule has 0 radical (unpaired) electrons. The van der Waals surface area contributed by atoms with E-state index in [9.17, 15) is 24.5 Å². The van der Waals surface area contributed by atoms with Gasteiger partial charge in [0.25, 0.3) is 11.8 Å². The number of anilines is 1. The minimum absolute atomic E-state index is 0.0913. The van der Waals surface area contributed by atoms with Crippen LogP contribution in [-0.4, -0.2) is 27.8 Å². The Morgan fingerprint density at radius 1 is 1.03 bits per heavy atom. The number of para-hydroxylation sites is 2. The molecule has 34 heavy (non-hydrogen) atoms. The summed E-state index contributed by atoms with van der Waals surface area (Å²) >= 11 is 0. The van der Waals surface area contributed by atoms with Gasteiger partial charge in [0.1, 0.15) is 12.2 Å². The number of rotatable bonds is 7. The molecule has 170 valence electrons. The van der Waals surface area contributed by atoms with Gasteiger partial charge in [-0.05, 0) is 35.9 Å². The van der Waals surface area contributed by atoms with Gasteiger partial charge in [0.15, 0.2) is 0 Å². The summed E-state index contributed by atoms with van der Waals surface area (Å²) in [5.74, 6) is -2.47. The summed E-state index contributed by atoms with van der Waals surface area (Å²) in [4.78, 5) is 47.4. The Hall–Kier alpha value is -4.99. The molecule has 0 saturated carbocycles. The number of carbonyl (C=O) groups excluding carboxylic acids is 2. The van der Waals surface area contributed by atoms with Gasteiger partial charge in [0.2, 0.25) is 5.75 Å². The number of nitro groups is 1. The van der Waals surface area contributed by atoms with Gasteiger partial charge < -0.3 is 9.84 Å². The van der Waals surface area contributed by atoms with Crippen LogP contribution < -0.4 is 15.2 Å². The molecule has 0 aliphatic carbocycles. The topological polar surface area (TPSA) is 139 Å². The smallest absolute Gasteiger partial charge is 0.335 e. The molecule has 0 spiro atoms. The van der Waals surface area contributed by atoms with Crippen molar-refractivity contribution in [3.63, 3.8) is 0 Å². The van der Waals surface area contributed by atoms with Crippen LogP contribution in [0.1, 0.15) is 21.5 Å². The fourth-order valence-corrected chi connectivity index (χ4v) is 3.33. The van der Waals surface area contributed by atoms with Crippen LogP contribution in [-0.2, 0) is 16.2 Å². The maximum absolute atomic E-state index is 12.9. The number of hydrazine groups is 1. The second-order valence-electron chi connectivity index (χ2n) is 7.22. The van der Waals surface area contributed by atoms with E-state index in [4.69, 9.17) is 9.84 Å². The quantitative estimate of drug-likeness (QED) is 0.239. The van der Waals surface area contributed by atoms with Gasteiger partial charge in [-0.1, -0.05) is 42.5 Å². The Morgan fingerprint density at radius 2 is 1.74 bits per heavy atom. The van der Waals surface area contributed by atoms with Gasteiger partial charge in [0, 0.05) is 11.6 Å². The number of nitrogens with zero attached hydrogens (tertiary/aromatic N) is 2. The predicted molar refractivity (Wildman–Crippen MR) is 121 cm³/mol. The average Bonchev–Trinajstić information content (AvgIpc) is 3.12. The summed E-state index contributed by atoms with van der Waals surface area (Å²) in [5.41, 5.74) is 3.22. The second kappa shape index (κ2) is 9.25.